The molecule has 30 nitrogen and oxygen atoms in total. The Labute approximate surface area is 456 Å². The molecule has 77 heavy (non-hydrogen) atoms. The summed E-state index contributed by atoms with van der Waals surface area (Å²) in [6.45, 7) is 19.6. The van der Waals surface area contributed by atoms with Gasteiger partial charge in [0.2, 0.25) is 12.6 Å². The first kappa shape index (κ1) is 71.7. The smallest absolute Gasteiger partial charge is 0.446 e. The molecule has 0 saturated carbocycles. The number of carbonyl (C=O) groups excluding carboxylic acids is 4. The first-order valence-corrected chi connectivity index (χ1v) is 28.2. The summed E-state index contributed by atoms with van der Waals surface area (Å²) in [5.74, 6) is 0.177. The van der Waals surface area contributed by atoms with Crippen LogP contribution >= 0.6 is 38.4 Å². The lowest BCUT2D eigenvalue weighted by atomic mass is 10.4. The molecule has 440 valence electrons. The van der Waals surface area contributed by atoms with Gasteiger partial charge in [-0.3, -0.25) is 23.0 Å². The molecule has 6 atom stereocenters. The van der Waals surface area contributed by atoms with E-state index in [1.54, 1.807) is 36.8 Å². The number of aromatic nitrogens is 8. The Morgan fingerprint density at radius 2 is 0.961 bits per heavy atom. The summed E-state index contributed by atoms with van der Waals surface area (Å²) in [5, 5.41) is 7.88. The maximum Gasteiger partial charge on any atom is 0.510 e. The number of halogens is 2. The predicted molar refractivity (Wildman–Crippen MR) is 279 cm³/mol. The lowest BCUT2D eigenvalue weighted by molar-refractivity contribution is -0.142. The zero-order valence-electron chi connectivity index (χ0n) is 44.9. The van der Waals surface area contributed by atoms with Crippen LogP contribution in [0.1, 0.15) is 102 Å². The molecule has 0 saturated heterocycles. The van der Waals surface area contributed by atoms with Gasteiger partial charge in [-0.1, -0.05) is 50.9 Å². The van der Waals surface area contributed by atoms with Crippen molar-refractivity contribution in [3.8, 4) is 0 Å². The van der Waals surface area contributed by atoms with Gasteiger partial charge >= 0.3 is 39.6 Å². The minimum absolute atomic E-state index is 0.143. The molecule has 0 radical (unpaired) electrons. The lowest BCUT2D eigenvalue weighted by Gasteiger charge is -2.25. The second-order valence-corrected chi connectivity index (χ2v) is 20.3. The van der Waals surface area contributed by atoms with Crippen molar-refractivity contribution in [2.45, 2.75) is 151 Å². The number of esters is 1. The standard InChI is InChI=1S/C21H34N5O10P.C9H14N5O4P.C6H11ClO3.C4H7ClO2.C3H8O/c1-6-8-30-20(27)33-15(4)35-37(29,36-16(5)34-21(28)31-9-7-2)13-32-14(3)10-26-12-25-17-18(22)23-11-24-19(17)26;1-6(18-5-19(15,16)17)2-14-4-13-7-8(10)11-3-12-9(7)14;1-3-4-9-6(8)10-5(2)7;1-3(5)7-4(2)6;1-2-3-4/h11-12,14-16H,6-10,13H2,1-5H3,(H2,22,23,24);3-4,6H,2,5H2,1H3,(H2,10,11,12)(H2,15,16,17);5H,3-4H2,1-2H3;3H,1-2H3;4H,2-3H2,1H3/t14-,15?,16?,37?;6-;;;/m11.../s1. The average Bonchev–Trinajstić information content (AvgIpc) is 3.95. The topological polar surface area (TPSA) is 404 Å². The highest BCUT2D eigenvalue weighted by molar-refractivity contribution is 7.53. The Kier molecular flexibility index (Phi) is 36.5. The Morgan fingerprint density at radius 1 is 0.597 bits per heavy atom. The van der Waals surface area contributed by atoms with E-state index in [0.29, 0.717) is 54.9 Å². The third kappa shape index (κ3) is 33.6. The van der Waals surface area contributed by atoms with E-state index < -0.39 is 82.3 Å². The van der Waals surface area contributed by atoms with Gasteiger partial charge in [-0.25, -0.2) is 44.3 Å². The van der Waals surface area contributed by atoms with Gasteiger partial charge in [-0.05, 0) is 67.2 Å². The molecule has 7 N–H and O–H groups in total. The molecule has 0 bridgehead atoms. The molecule has 0 spiro atoms. The molecule has 4 heterocycles. The molecule has 34 heteroatoms. The molecular weight excluding hydrogens is 1110 g/mol. The van der Waals surface area contributed by atoms with Crippen molar-refractivity contribution in [2.75, 3.05) is 50.6 Å². The summed E-state index contributed by atoms with van der Waals surface area (Å²) in [6.07, 6.45) is 1.06. The van der Waals surface area contributed by atoms with Crippen LogP contribution in [-0.2, 0) is 78.7 Å². The number of aliphatic hydroxyl groups excluding tert-OH is 1. The van der Waals surface area contributed by atoms with E-state index in [1.807, 2.05) is 27.7 Å². The summed E-state index contributed by atoms with van der Waals surface area (Å²) >= 11 is 10.6. The quantitative estimate of drug-likeness (QED) is 0.0142. The van der Waals surface area contributed by atoms with Crippen molar-refractivity contribution in [1.82, 2.24) is 39.0 Å². The number of anilines is 2. The van der Waals surface area contributed by atoms with Crippen molar-refractivity contribution in [3.63, 3.8) is 0 Å². The number of nitrogens with two attached hydrogens (primary N) is 2. The number of ether oxygens (including phenoxy) is 9. The third-order valence-electron chi connectivity index (χ3n) is 8.04. The summed E-state index contributed by atoms with van der Waals surface area (Å²) in [7, 11) is -8.31. The van der Waals surface area contributed by atoms with Gasteiger partial charge in [-0.2, -0.15) is 0 Å². The number of imidazole rings is 2. The van der Waals surface area contributed by atoms with E-state index in [1.165, 1.54) is 46.1 Å². The number of nitrogen functional groups attached to an aromatic ring is 2. The predicted octanol–water partition coefficient (Wildman–Crippen LogP) is 7.42. The van der Waals surface area contributed by atoms with Crippen molar-refractivity contribution < 1.29 is 94.9 Å². The zero-order valence-corrected chi connectivity index (χ0v) is 48.2. The average molecular weight is 1180 g/mol. The second-order valence-electron chi connectivity index (χ2n) is 15.6. The van der Waals surface area contributed by atoms with Gasteiger partial charge in [0.05, 0.1) is 57.8 Å². The van der Waals surface area contributed by atoms with E-state index in [9.17, 15) is 28.3 Å². The molecule has 4 rings (SSSR count). The van der Waals surface area contributed by atoms with Crippen molar-refractivity contribution in [3.05, 3.63) is 25.3 Å². The highest BCUT2D eigenvalue weighted by atomic mass is 35.5. The summed E-state index contributed by atoms with van der Waals surface area (Å²) in [4.78, 5) is 85.6. The number of hydrogen-bond donors (Lipinski definition) is 5. The number of hydrogen-bond acceptors (Lipinski definition) is 26. The van der Waals surface area contributed by atoms with Gasteiger partial charge in [0.1, 0.15) is 36.4 Å². The zero-order chi connectivity index (χ0) is 58.7. The van der Waals surface area contributed by atoms with E-state index in [4.69, 9.17) is 87.0 Å². The van der Waals surface area contributed by atoms with Crippen molar-refractivity contribution in [2.24, 2.45) is 0 Å². The van der Waals surface area contributed by atoms with Crippen LogP contribution in [0, 0.1) is 0 Å². The fraction of sp³-hybridized carbons (Fsp3) is 0.674. The lowest BCUT2D eigenvalue weighted by Crippen LogP contribution is -2.25. The van der Waals surface area contributed by atoms with Gasteiger partial charge in [0.15, 0.2) is 34.1 Å². The van der Waals surface area contributed by atoms with E-state index in [-0.39, 0.29) is 37.4 Å². The second kappa shape index (κ2) is 39.2. The van der Waals surface area contributed by atoms with E-state index >= 15 is 0 Å². The van der Waals surface area contributed by atoms with Crippen molar-refractivity contribution in [1.29, 1.82) is 0 Å². The summed E-state index contributed by atoms with van der Waals surface area (Å²) in [6, 6.07) is 0. The number of aliphatic hydroxyl groups is 1. The molecule has 0 aliphatic rings. The highest BCUT2D eigenvalue weighted by Crippen LogP contribution is 2.51. The Balaban J connectivity index is 0.00000118. The highest BCUT2D eigenvalue weighted by Gasteiger charge is 2.34. The monoisotopic (exact) mass is 1180 g/mol. The van der Waals surface area contributed by atoms with Gasteiger partial charge in [0, 0.05) is 13.5 Å². The number of fused-ring (bicyclic) bond motifs is 2. The van der Waals surface area contributed by atoms with Crippen LogP contribution in [0.2, 0.25) is 0 Å². The van der Waals surface area contributed by atoms with Crippen molar-refractivity contribution >= 4 is 96.8 Å². The molecule has 0 fully saturated rings. The first-order chi connectivity index (χ1) is 36.1. The minimum atomic E-state index is -4.16. The molecular formula is C43H74Cl2N10O20P2. The van der Waals surface area contributed by atoms with Gasteiger partial charge < -0.3 is 78.1 Å². The largest absolute Gasteiger partial charge is 0.510 e. The van der Waals surface area contributed by atoms with Gasteiger partial charge in [0.25, 0.3) is 0 Å². The van der Waals surface area contributed by atoms with Gasteiger partial charge in [-0.15, -0.1) is 0 Å². The van der Waals surface area contributed by atoms with Crippen LogP contribution in [0.5, 0.6) is 0 Å². The number of rotatable bonds is 25. The molecule has 4 aromatic rings. The van der Waals surface area contributed by atoms with Crippen LogP contribution in [0.25, 0.3) is 22.3 Å². The number of carbonyl (C=O) groups is 4. The first-order valence-electron chi connectivity index (χ1n) is 23.8. The molecule has 0 aliphatic carbocycles. The van der Waals surface area contributed by atoms with E-state index in [2.05, 4.69) is 44.1 Å². The number of alkyl halides is 2. The van der Waals surface area contributed by atoms with Crippen LogP contribution < -0.4 is 11.5 Å². The molecule has 0 aromatic carbocycles. The fourth-order valence-electron chi connectivity index (χ4n) is 5.04. The molecule has 4 unspecified atom stereocenters. The maximum atomic E-state index is 13.5. The van der Waals surface area contributed by atoms with Crippen LogP contribution in [0.4, 0.5) is 26.0 Å². The Bertz CT molecular complexity index is 2380. The van der Waals surface area contributed by atoms with E-state index in [0.717, 1.165) is 12.8 Å². The molecule has 4 aromatic heterocycles. The van der Waals surface area contributed by atoms with Crippen LogP contribution in [-0.4, -0.2) is 153 Å². The molecule has 0 amide bonds. The van der Waals surface area contributed by atoms with Crippen LogP contribution in [0.15, 0.2) is 25.3 Å². The third-order valence-corrected chi connectivity index (χ3v) is 10.4. The Hall–Kier alpha value is -5.26. The van der Waals surface area contributed by atoms with Crippen LogP contribution in [0.3, 0.4) is 0 Å². The molecule has 0 aliphatic heterocycles. The normalized spacial score (nSPS) is 14.0. The fourth-order valence-corrected chi connectivity index (χ4v) is 7.28. The Morgan fingerprint density at radius 3 is 1.27 bits per heavy atom. The SMILES string of the molecule is CC(=O)OC(C)Cl.CCCO.CCCOC(=O)OC(C)Cl.CCCOC(=O)OC(C)OP(=O)(CO[C@H](C)Cn1cnc2c(N)ncnc21)OC(C)OC(=O)OCCC.C[C@H](Cn1cnc2c(N)ncnc21)OCP(=O)(O)O. The number of nitrogens with zero attached hydrogens (tertiary/aromatic N) is 8. The maximum absolute atomic E-state index is 13.5. The summed E-state index contributed by atoms with van der Waals surface area (Å²) in [5.41, 5.74) is 12.3. The summed E-state index contributed by atoms with van der Waals surface area (Å²) < 4.78 is 82.1. The minimum Gasteiger partial charge on any atom is -0.446 e.